The predicted molar refractivity (Wildman–Crippen MR) is 263 cm³/mol. The summed E-state index contributed by atoms with van der Waals surface area (Å²) in [6, 6.07) is -1.56. The normalized spacial score (nSPS) is 14.3. The summed E-state index contributed by atoms with van der Waals surface area (Å²) >= 11 is 0. The molecule has 0 saturated carbocycles. The van der Waals surface area contributed by atoms with Crippen LogP contribution >= 0.6 is 7.82 Å². The molecule has 0 fully saturated rings. The third-order valence-electron chi connectivity index (χ3n) is 10.2. The number of unbranched alkanes of at least 4 members (excludes halogenated alkanes) is 17. The molecule has 0 aliphatic carbocycles. The summed E-state index contributed by atoms with van der Waals surface area (Å²) in [5.74, 6) is -2.42. The van der Waals surface area contributed by atoms with Crippen LogP contribution < -0.4 is 5.32 Å². The SMILES string of the molecule is CC/C=C\C/C=C\C/C=C\C/C=C\C/C=C\CCCCCC(=O)OCC(O)COP(=O)(O)OCC(NC(=O)CCCCCCCCCCCCC/C=C\C/C=C\CCCCC)C(=O)O. The van der Waals surface area contributed by atoms with Gasteiger partial charge in [-0.15, -0.1) is 0 Å². The second-order valence-corrected chi connectivity index (χ2v) is 17.7. The smallest absolute Gasteiger partial charge is 0.472 e. The Kier molecular flexibility index (Phi) is 43.8. The fraction of sp³-hybridized carbons (Fsp3) is 0.673. The molecule has 366 valence electrons. The van der Waals surface area contributed by atoms with E-state index in [1.807, 2.05) is 0 Å². The van der Waals surface area contributed by atoms with Crippen LogP contribution in [0, 0.1) is 0 Å². The highest BCUT2D eigenvalue weighted by Crippen LogP contribution is 2.43. The van der Waals surface area contributed by atoms with E-state index in [0.29, 0.717) is 12.8 Å². The number of carboxylic acids is 1. The molecule has 3 atom stereocenters. The van der Waals surface area contributed by atoms with Gasteiger partial charge in [0.2, 0.25) is 5.91 Å². The van der Waals surface area contributed by atoms with Gasteiger partial charge in [-0.25, -0.2) is 9.36 Å². The number of carboxylic acid groups (broad SMARTS) is 1. The predicted octanol–water partition coefficient (Wildman–Crippen LogP) is 13.4. The first kappa shape index (κ1) is 60.7. The lowest BCUT2D eigenvalue weighted by atomic mass is 10.0. The highest BCUT2D eigenvalue weighted by atomic mass is 31.2. The zero-order chi connectivity index (χ0) is 47.0. The van der Waals surface area contributed by atoms with Crippen LogP contribution in [-0.4, -0.2) is 64.9 Å². The van der Waals surface area contributed by atoms with Gasteiger partial charge in [-0.05, 0) is 89.9 Å². The molecule has 0 aromatic carbocycles. The number of aliphatic hydroxyl groups excluding tert-OH is 1. The number of phosphoric ester groups is 1. The molecule has 11 nitrogen and oxygen atoms in total. The Balaban J connectivity index is 3.91. The van der Waals surface area contributed by atoms with Gasteiger partial charge in [-0.1, -0.05) is 176 Å². The van der Waals surface area contributed by atoms with Crippen molar-refractivity contribution in [1.29, 1.82) is 0 Å². The average molecular weight is 918 g/mol. The van der Waals surface area contributed by atoms with Crippen molar-refractivity contribution in [2.45, 2.75) is 206 Å². The Hall–Kier alpha value is -3.34. The molecule has 0 aromatic heterocycles. The van der Waals surface area contributed by atoms with Gasteiger partial charge in [-0.3, -0.25) is 18.6 Å². The molecule has 0 heterocycles. The van der Waals surface area contributed by atoms with Gasteiger partial charge >= 0.3 is 19.8 Å². The maximum Gasteiger partial charge on any atom is 0.472 e. The summed E-state index contributed by atoms with van der Waals surface area (Å²) in [4.78, 5) is 46.1. The zero-order valence-corrected chi connectivity index (χ0v) is 40.7. The van der Waals surface area contributed by atoms with Crippen molar-refractivity contribution in [3.8, 4) is 0 Å². The van der Waals surface area contributed by atoms with Gasteiger partial charge in [0.1, 0.15) is 12.7 Å². The molecule has 64 heavy (non-hydrogen) atoms. The van der Waals surface area contributed by atoms with Crippen LogP contribution in [0.15, 0.2) is 85.1 Å². The number of carbonyl (C=O) groups excluding carboxylic acids is 2. The Morgan fingerprint density at radius 3 is 1.38 bits per heavy atom. The molecule has 4 N–H and O–H groups in total. The van der Waals surface area contributed by atoms with E-state index >= 15 is 0 Å². The largest absolute Gasteiger partial charge is 0.480 e. The number of phosphoric acid groups is 1. The number of ether oxygens (including phenoxy) is 1. The molecule has 1 amide bonds. The van der Waals surface area contributed by atoms with Crippen LogP contribution in [0.3, 0.4) is 0 Å². The van der Waals surface area contributed by atoms with Crippen LogP contribution in [0.5, 0.6) is 0 Å². The maximum atomic E-state index is 12.4. The number of allylic oxidation sites excluding steroid dienone is 14. The van der Waals surface area contributed by atoms with Crippen LogP contribution in [0.1, 0.15) is 194 Å². The molecule has 12 heteroatoms. The number of hydrogen-bond acceptors (Lipinski definition) is 8. The van der Waals surface area contributed by atoms with E-state index in [9.17, 15) is 34.1 Å². The van der Waals surface area contributed by atoms with Crippen molar-refractivity contribution in [1.82, 2.24) is 5.32 Å². The first-order chi connectivity index (χ1) is 31.1. The number of carbonyl (C=O) groups is 3. The minimum Gasteiger partial charge on any atom is -0.480 e. The van der Waals surface area contributed by atoms with Gasteiger partial charge in [-0.2, -0.15) is 0 Å². The molecule has 3 unspecified atom stereocenters. The minimum atomic E-state index is -4.77. The number of hydrogen-bond donors (Lipinski definition) is 4. The highest BCUT2D eigenvalue weighted by molar-refractivity contribution is 7.47. The number of esters is 1. The molecule has 0 rings (SSSR count). The van der Waals surface area contributed by atoms with Crippen molar-refractivity contribution in [3.63, 3.8) is 0 Å². The summed E-state index contributed by atoms with van der Waals surface area (Å²) in [7, 11) is -4.77. The lowest BCUT2D eigenvalue weighted by Gasteiger charge is -2.18. The molecule has 0 bridgehead atoms. The topological polar surface area (TPSA) is 169 Å². The summed E-state index contributed by atoms with van der Waals surface area (Å²) in [6.07, 6.45) is 57.4. The highest BCUT2D eigenvalue weighted by Gasteiger charge is 2.28. The number of aliphatic hydroxyl groups is 1. The van der Waals surface area contributed by atoms with E-state index in [1.165, 1.54) is 70.6 Å². The van der Waals surface area contributed by atoms with E-state index in [1.54, 1.807) is 0 Å². The second-order valence-electron chi connectivity index (χ2n) is 16.3. The zero-order valence-electron chi connectivity index (χ0n) is 39.8. The molecular formula is C52H88NO10P. The average Bonchev–Trinajstić information content (AvgIpc) is 3.27. The molecule has 0 aromatic rings. The van der Waals surface area contributed by atoms with E-state index in [0.717, 1.165) is 83.5 Å². The molecule has 0 aliphatic rings. The minimum absolute atomic E-state index is 0.137. The van der Waals surface area contributed by atoms with Crippen LogP contribution in [0.2, 0.25) is 0 Å². The van der Waals surface area contributed by atoms with Gasteiger partial charge in [0.15, 0.2) is 6.04 Å². The Morgan fingerprint density at radius 2 is 0.906 bits per heavy atom. The third-order valence-corrected chi connectivity index (χ3v) is 11.1. The van der Waals surface area contributed by atoms with Gasteiger partial charge in [0.05, 0.1) is 13.2 Å². The van der Waals surface area contributed by atoms with Gasteiger partial charge < -0.3 is 25.2 Å². The third kappa shape index (κ3) is 45.2. The summed E-state index contributed by atoms with van der Waals surface area (Å²) < 4.78 is 26.9. The monoisotopic (exact) mass is 918 g/mol. The lowest BCUT2D eigenvalue weighted by molar-refractivity contribution is -0.147. The van der Waals surface area contributed by atoms with Gasteiger partial charge in [0, 0.05) is 12.8 Å². The van der Waals surface area contributed by atoms with Crippen molar-refractivity contribution in [2.24, 2.45) is 0 Å². The molecular weight excluding hydrogens is 830 g/mol. The standard InChI is InChI=1S/C52H88NO10P/c1-3-5-7-9-11-13-15-17-19-21-23-24-26-27-29-31-33-35-37-39-41-43-50(55)53-49(52(57)58)47-63-64(59,60)62-46-48(54)45-61-51(56)44-42-40-38-36-34-32-30-28-25-22-20-18-16-14-12-10-8-6-4-2/h6,8,11-14,17-20,25,28,32,34,48-49,54H,3-5,7,9-10,15-16,21-24,26-27,29-31,33,35-47H2,1-2H3,(H,53,55)(H,57,58)(H,59,60)/b8-6-,13-11-,14-12-,19-17-,20-18-,28-25-,34-32-. The maximum absolute atomic E-state index is 12.4. The van der Waals surface area contributed by atoms with Crippen LogP contribution in [-0.2, 0) is 32.7 Å². The summed E-state index contributed by atoms with van der Waals surface area (Å²) in [5.41, 5.74) is 0. The van der Waals surface area contributed by atoms with Crippen molar-refractivity contribution >= 4 is 25.7 Å². The lowest BCUT2D eigenvalue weighted by Crippen LogP contribution is -2.43. The second kappa shape index (κ2) is 46.2. The number of amides is 1. The van der Waals surface area contributed by atoms with Crippen molar-refractivity contribution in [3.05, 3.63) is 85.1 Å². The van der Waals surface area contributed by atoms with E-state index in [2.05, 4.69) is 104 Å². The number of rotatable bonds is 45. The quantitative estimate of drug-likeness (QED) is 0.0200. The first-order valence-corrected chi connectivity index (χ1v) is 26.1. The van der Waals surface area contributed by atoms with Crippen LogP contribution in [0.25, 0.3) is 0 Å². The fourth-order valence-corrected chi connectivity index (χ4v) is 7.14. The van der Waals surface area contributed by atoms with E-state index < -0.39 is 57.6 Å². The Labute approximate surface area is 388 Å². The Morgan fingerprint density at radius 1 is 0.516 bits per heavy atom. The van der Waals surface area contributed by atoms with Crippen molar-refractivity contribution < 1.29 is 47.8 Å². The van der Waals surface area contributed by atoms with Gasteiger partial charge in [0.25, 0.3) is 0 Å². The first-order valence-electron chi connectivity index (χ1n) is 24.6. The molecule has 0 spiro atoms. The molecule has 0 aliphatic heterocycles. The molecule has 0 radical (unpaired) electrons. The number of aliphatic carboxylic acids is 1. The summed E-state index contributed by atoms with van der Waals surface area (Å²) in [6.45, 7) is 2.43. The van der Waals surface area contributed by atoms with E-state index in [4.69, 9.17) is 13.8 Å². The van der Waals surface area contributed by atoms with Crippen LogP contribution in [0.4, 0.5) is 0 Å². The molecule has 0 saturated heterocycles. The number of nitrogens with one attached hydrogen (secondary N) is 1. The summed E-state index contributed by atoms with van der Waals surface area (Å²) in [5, 5.41) is 21.9. The Bertz CT molecular complexity index is 1400. The fourth-order valence-electron chi connectivity index (χ4n) is 6.37. The van der Waals surface area contributed by atoms with Crippen molar-refractivity contribution in [2.75, 3.05) is 19.8 Å². The van der Waals surface area contributed by atoms with E-state index in [-0.39, 0.29) is 12.8 Å².